The summed E-state index contributed by atoms with van der Waals surface area (Å²) in [5.41, 5.74) is 0. The number of aliphatic hydroxyl groups excluding tert-OH is 1. The fourth-order valence-corrected chi connectivity index (χ4v) is 3.12. The van der Waals surface area contributed by atoms with Crippen LogP contribution in [-0.4, -0.2) is 46.4 Å². The molecule has 1 aliphatic carbocycles. The quantitative estimate of drug-likeness (QED) is 0.673. The van der Waals surface area contributed by atoms with E-state index in [0.717, 1.165) is 19.3 Å². The molecule has 17 heavy (non-hydrogen) atoms. The summed E-state index contributed by atoms with van der Waals surface area (Å²) in [6.07, 6.45) is 5.52. The van der Waals surface area contributed by atoms with Gasteiger partial charge in [-0.3, -0.25) is 4.79 Å². The SMILES string of the molecule is CSC(CO)C(C)NC1CCCC(C(=O)O)C1. The highest BCUT2D eigenvalue weighted by atomic mass is 32.2. The first-order valence-corrected chi connectivity index (χ1v) is 7.49. The van der Waals surface area contributed by atoms with Crippen LogP contribution < -0.4 is 5.32 Å². The van der Waals surface area contributed by atoms with Crippen LogP contribution in [0.3, 0.4) is 0 Å². The van der Waals surface area contributed by atoms with Crippen molar-refractivity contribution in [2.75, 3.05) is 12.9 Å². The summed E-state index contributed by atoms with van der Waals surface area (Å²) in [7, 11) is 0. The predicted molar refractivity (Wildman–Crippen MR) is 70.4 cm³/mol. The van der Waals surface area contributed by atoms with Gasteiger partial charge in [0, 0.05) is 17.3 Å². The fourth-order valence-electron chi connectivity index (χ4n) is 2.48. The molecule has 0 amide bonds. The van der Waals surface area contributed by atoms with E-state index in [0.29, 0.717) is 6.42 Å². The lowest BCUT2D eigenvalue weighted by molar-refractivity contribution is -0.143. The smallest absolute Gasteiger partial charge is 0.306 e. The highest BCUT2D eigenvalue weighted by Gasteiger charge is 2.28. The molecule has 0 radical (unpaired) electrons. The number of nitrogens with one attached hydrogen (secondary N) is 1. The molecule has 5 heteroatoms. The van der Waals surface area contributed by atoms with E-state index in [4.69, 9.17) is 5.11 Å². The molecule has 100 valence electrons. The van der Waals surface area contributed by atoms with E-state index in [1.165, 1.54) is 0 Å². The maximum absolute atomic E-state index is 11.0. The number of carbonyl (C=O) groups is 1. The molecule has 1 saturated carbocycles. The van der Waals surface area contributed by atoms with Gasteiger partial charge in [-0.15, -0.1) is 0 Å². The van der Waals surface area contributed by atoms with Crippen molar-refractivity contribution < 1.29 is 15.0 Å². The monoisotopic (exact) mass is 261 g/mol. The summed E-state index contributed by atoms with van der Waals surface area (Å²) in [4.78, 5) is 11.0. The Kier molecular flexibility index (Phi) is 6.30. The number of aliphatic carboxylic acids is 1. The molecular formula is C12H23NO3S. The molecule has 0 bridgehead atoms. The van der Waals surface area contributed by atoms with Crippen LogP contribution in [0.2, 0.25) is 0 Å². The zero-order chi connectivity index (χ0) is 12.8. The standard InChI is InChI=1S/C12H23NO3S/c1-8(11(7-14)17-2)13-10-5-3-4-9(6-10)12(15)16/h8-11,13-14H,3-7H2,1-2H3,(H,15,16). The minimum atomic E-state index is -0.673. The molecule has 0 aromatic rings. The van der Waals surface area contributed by atoms with E-state index in [2.05, 4.69) is 12.2 Å². The van der Waals surface area contributed by atoms with Crippen molar-refractivity contribution in [2.45, 2.75) is 49.9 Å². The first kappa shape index (κ1) is 14.8. The lowest BCUT2D eigenvalue weighted by atomic mass is 9.85. The molecule has 0 saturated heterocycles. The minimum absolute atomic E-state index is 0.157. The summed E-state index contributed by atoms with van der Waals surface area (Å²) < 4.78 is 0. The normalized spacial score (nSPS) is 28.6. The molecule has 1 rings (SSSR count). The summed E-state index contributed by atoms with van der Waals surface area (Å²) in [6, 6.07) is 0.494. The van der Waals surface area contributed by atoms with Crippen molar-refractivity contribution in [1.82, 2.24) is 5.32 Å². The van der Waals surface area contributed by atoms with Crippen molar-refractivity contribution in [1.29, 1.82) is 0 Å². The Morgan fingerprint density at radius 1 is 1.53 bits per heavy atom. The van der Waals surface area contributed by atoms with Crippen LogP contribution >= 0.6 is 11.8 Å². The van der Waals surface area contributed by atoms with Crippen molar-refractivity contribution >= 4 is 17.7 Å². The van der Waals surface area contributed by atoms with Crippen LogP contribution in [0.1, 0.15) is 32.6 Å². The van der Waals surface area contributed by atoms with Gasteiger partial charge in [0.15, 0.2) is 0 Å². The van der Waals surface area contributed by atoms with Crippen LogP contribution in [0.4, 0.5) is 0 Å². The van der Waals surface area contributed by atoms with E-state index < -0.39 is 5.97 Å². The molecule has 3 N–H and O–H groups in total. The minimum Gasteiger partial charge on any atom is -0.481 e. The van der Waals surface area contributed by atoms with E-state index in [1.807, 2.05) is 6.26 Å². The van der Waals surface area contributed by atoms with Crippen molar-refractivity contribution in [3.8, 4) is 0 Å². The number of carboxylic acid groups (broad SMARTS) is 1. The Hall–Kier alpha value is -0.260. The van der Waals surface area contributed by atoms with E-state index >= 15 is 0 Å². The zero-order valence-corrected chi connectivity index (χ0v) is 11.4. The summed E-state index contributed by atoms with van der Waals surface area (Å²) in [5.74, 6) is -0.872. The molecule has 4 unspecified atom stereocenters. The third-order valence-electron chi connectivity index (χ3n) is 3.56. The van der Waals surface area contributed by atoms with E-state index in [-0.39, 0.29) is 29.9 Å². The number of hydrogen-bond acceptors (Lipinski definition) is 4. The fraction of sp³-hybridized carbons (Fsp3) is 0.917. The lowest BCUT2D eigenvalue weighted by Gasteiger charge is -2.32. The van der Waals surface area contributed by atoms with Gasteiger partial charge >= 0.3 is 5.97 Å². The molecule has 4 atom stereocenters. The molecule has 0 aliphatic heterocycles. The first-order chi connectivity index (χ1) is 8.08. The zero-order valence-electron chi connectivity index (χ0n) is 10.6. The third-order valence-corrected chi connectivity index (χ3v) is 4.73. The second-order valence-electron chi connectivity index (χ2n) is 4.81. The van der Waals surface area contributed by atoms with Crippen molar-refractivity contribution in [3.63, 3.8) is 0 Å². The van der Waals surface area contributed by atoms with Gasteiger partial charge in [-0.2, -0.15) is 11.8 Å². The van der Waals surface area contributed by atoms with Crippen molar-refractivity contribution in [3.05, 3.63) is 0 Å². The van der Waals surface area contributed by atoms with Crippen LogP contribution in [0.5, 0.6) is 0 Å². The second kappa shape index (κ2) is 7.24. The van der Waals surface area contributed by atoms with Crippen LogP contribution in [-0.2, 0) is 4.79 Å². The first-order valence-electron chi connectivity index (χ1n) is 6.21. The molecule has 0 aromatic heterocycles. The van der Waals surface area contributed by atoms with Crippen LogP contribution in [0.15, 0.2) is 0 Å². The van der Waals surface area contributed by atoms with Gasteiger partial charge in [0.1, 0.15) is 0 Å². The second-order valence-corrected chi connectivity index (χ2v) is 5.89. The molecule has 0 spiro atoms. The molecule has 1 aliphatic rings. The van der Waals surface area contributed by atoms with Gasteiger partial charge in [-0.25, -0.2) is 0 Å². The Morgan fingerprint density at radius 2 is 2.24 bits per heavy atom. The lowest BCUT2D eigenvalue weighted by Crippen LogP contribution is -2.46. The predicted octanol–water partition coefficient (Wildman–Crippen LogP) is 1.33. The summed E-state index contributed by atoms with van der Waals surface area (Å²) in [5, 5.41) is 21.9. The molecular weight excluding hydrogens is 238 g/mol. The summed E-state index contributed by atoms with van der Waals surface area (Å²) >= 11 is 1.64. The molecule has 0 heterocycles. The van der Waals surface area contributed by atoms with Crippen LogP contribution in [0.25, 0.3) is 0 Å². The van der Waals surface area contributed by atoms with E-state index in [1.54, 1.807) is 11.8 Å². The number of thioether (sulfide) groups is 1. The average Bonchev–Trinajstić information content (AvgIpc) is 2.30. The maximum atomic E-state index is 11.0. The molecule has 1 fully saturated rings. The number of carboxylic acids is 1. The number of rotatable bonds is 6. The van der Waals surface area contributed by atoms with Gasteiger partial charge in [-0.1, -0.05) is 6.42 Å². The Balaban J connectivity index is 2.42. The number of hydrogen-bond donors (Lipinski definition) is 3. The van der Waals surface area contributed by atoms with Gasteiger partial charge in [-0.05, 0) is 32.4 Å². The highest BCUT2D eigenvalue weighted by Crippen LogP contribution is 2.25. The Labute approximate surface area is 107 Å². The Morgan fingerprint density at radius 3 is 2.76 bits per heavy atom. The van der Waals surface area contributed by atoms with Crippen molar-refractivity contribution in [2.24, 2.45) is 5.92 Å². The van der Waals surface area contributed by atoms with Gasteiger partial charge < -0.3 is 15.5 Å². The summed E-state index contributed by atoms with van der Waals surface area (Å²) in [6.45, 7) is 2.21. The van der Waals surface area contributed by atoms with E-state index in [9.17, 15) is 9.90 Å². The third kappa shape index (κ3) is 4.48. The molecule has 0 aromatic carbocycles. The van der Waals surface area contributed by atoms with Gasteiger partial charge in [0.05, 0.1) is 12.5 Å². The largest absolute Gasteiger partial charge is 0.481 e. The topological polar surface area (TPSA) is 69.6 Å². The maximum Gasteiger partial charge on any atom is 0.306 e. The van der Waals surface area contributed by atoms with Crippen LogP contribution in [0, 0.1) is 5.92 Å². The average molecular weight is 261 g/mol. The van der Waals surface area contributed by atoms with Gasteiger partial charge in [0.25, 0.3) is 0 Å². The molecule has 4 nitrogen and oxygen atoms in total. The number of aliphatic hydroxyl groups is 1. The Bertz CT molecular complexity index is 246. The highest BCUT2D eigenvalue weighted by molar-refractivity contribution is 7.99. The van der Waals surface area contributed by atoms with Gasteiger partial charge in [0.2, 0.25) is 0 Å².